The van der Waals surface area contributed by atoms with Gasteiger partial charge in [0.25, 0.3) is 0 Å². The predicted molar refractivity (Wildman–Crippen MR) is 62.2 cm³/mol. The Hall–Kier alpha value is -0.820. The minimum absolute atomic E-state index is 0.124. The monoisotopic (exact) mass is 191 g/mol. The standard InChI is InChI=1S/C13H21N/c1-5-10-8-6-7-9-11(10)12(14)13(2,3)4/h6-9,12H,5,14H2,1-4H3/t12-/m0/s1. The Bertz CT molecular complexity index is 296. The Labute approximate surface area is 87.3 Å². The third kappa shape index (κ3) is 2.36. The fraction of sp³-hybridized carbons (Fsp3) is 0.538. The van der Waals surface area contributed by atoms with Crippen LogP contribution in [0.25, 0.3) is 0 Å². The maximum absolute atomic E-state index is 6.25. The molecule has 0 radical (unpaired) electrons. The molecular formula is C13H21N. The van der Waals surface area contributed by atoms with Crippen molar-refractivity contribution in [2.45, 2.75) is 40.2 Å². The summed E-state index contributed by atoms with van der Waals surface area (Å²) in [7, 11) is 0. The highest BCUT2D eigenvalue weighted by Crippen LogP contribution is 2.32. The fourth-order valence-electron chi connectivity index (χ4n) is 1.63. The summed E-state index contributed by atoms with van der Waals surface area (Å²) in [5.74, 6) is 0. The quantitative estimate of drug-likeness (QED) is 0.762. The second-order valence-corrected chi connectivity index (χ2v) is 4.90. The molecule has 1 rings (SSSR count). The van der Waals surface area contributed by atoms with Crippen LogP contribution in [-0.4, -0.2) is 0 Å². The van der Waals surface area contributed by atoms with Crippen LogP contribution in [0, 0.1) is 5.41 Å². The van der Waals surface area contributed by atoms with E-state index in [0.29, 0.717) is 0 Å². The highest BCUT2D eigenvalue weighted by atomic mass is 14.7. The molecule has 1 aromatic carbocycles. The van der Waals surface area contributed by atoms with E-state index >= 15 is 0 Å². The molecule has 1 aromatic rings. The van der Waals surface area contributed by atoms with E-state index < -0.39 is 0 Å². The Morgan fingerprint density at radius 2 is 1.79 bits per heavy atom. The Kier molecular flexibility index (Phi) is 3.33. The molecule has 0 fully saturated rings. The van der Waals surface area contributed by atoms with Crippen LogP contribution in [-0.2, 0) is 6.42 Å². The van der Waals surface area contributed by atoms with Crippen molar-refractivity contribution in [3.05, 3.63) is 35.4 Å². The van der Waals surface area contributed by atoms with E-state index in [1.807, 2.05) is 0 Å². The molecule has 0 aliphatic heterocycles. The van der Waals surface area contributed by atoms with Crippen LogP contribution in [0.5, 0.6) is 0 Å². The molecule has 0 bridgehead atoms. The fourth-order valence-corrected chi connectivity index (χ4v) is 1.63. The molecule has 1 atom stereocenters. The van der Waals surface area contributed by atoms with Gasteiger partial charge in [-0.15, -0.1) is 0 Å². The van der Waals surface area contributed by atoms with Gasteiger partial charge in [0.05, 0.1) is 0 Å². The molecule has 1 heteroatoms. The lowest BCUT2D eigenvalue weighted by Crippen LogP contribution is -2.27. The maximum Gasteiger partial charge on any atom is 0.0346 e. The molecule has 78 valence electrons. The van der Waals surface area contributed by atoms with Gasteiger partial charge >= 0.3 is 0 Å². The van der Waals surface area contributed by atoms with E-state index in [0.717, 1.165) is 6.42 Å². The van der Waals surface area contributed by atoms with E-state index in [1.165, 1.54) is 11.1 Å². The SMILES string of the molecule is CCc1ccccc1[C@H](N)C(C)(C)C. The van der Waals surface area contributed by atoms with Gasteiger partial charge in [-0.3, -0.25) is 0 Å². The maximum atomic E-state index is 6.25. The summed E-state index contributed by atoms with van der Waals surface area (Å²) in [6.45, 7) is 8.73. The zero-order valence-electron chi connectivity index (χ0n) is 9.67. The molecular weight excluding hydrogens is 170 g/mol. The summed E-state index contributed by atoms with van der Waals surface area (Å²) in [5, 5.41) is 0. The summed E-state index contributed by atoms with van der Waals surface area (Å²) < 4.78 is 0. The predicted octanol–water partition coefficient (Wildman–Crippen LogP) is 3.29. The highest BCUT2D eigenvalue weighted by molar-refractivity contribution is 5.30. The molecule has 0 heterocycles. The number of hydrogen-bond acceptors (Lipinski definition) is 1. The van der Waals surface area contributed by atoms with Crippen molar-refractivity contribution < 1.29 is 0 Å². The Morgan fingerprint density at radius 1 is 1.21 bits per heavy atom. The van der Waals surface area contributed by atoms with Crippen molar-refractivity contribution in [1.29, 1.82) is 0 Å². The summed E-state index contributed by atoms with van der Waals surface area (Å²) in [6.07, 6.45) is 1.06. The van der Waals surface area contributed by atoms with Crippen molar-refractivity contribution in [1.82, 2.24) is 0 Å². The zero-order chi connectivity index (χ0) is 10.8. The van der Waals surface area contributed by atoms with Gasteiger partial charge in [-0.25, -0.2) is 0 Å². The smallest absolute Gasteiger partial charge is 0.0346 e. The van der Waals surface area contributed by atoms with Crippen molar-refractivity contribution in [2.24, 2.45) is 11.1 Å². The number of aryl methyl sites for hydroxylation is 1. The van der Waals surface area contributed by atoms with Gasteiger partial charge in [0, 0.05) is 6.04 Å². The van der Waals surface area contributed by atoms with Crippen LogP contribution >= 0.6 is 0 Å². The number of rotatable bonds is 2. The molecule has 0 aliphatic rings. The van der Waals surface area contributed by atoms with Crippen LogP contribution in [0.3, 0.4) is 0 Å². The summed E-state index contributed by atoms with van der Waals surface area (Å²) in [6, 6.07) is 8.59. The van der Waals surface area contributed by atoms with Gasteiger partial charge in [-0.2, -0.15) is 0 Å². The lowest BCUT2D eigenvalue weighted by atomic mass is 9.81. The first-order valence-electron chi connectivity index (χ1n) is 5.30. The lowest BCUT2D eigenvalue weighted by Gasteiger charge is -2.29. The molecule has 0 spiro atoms. The Morgan fingerprint density at radius 3 is 2.29 bits per heavy atom. The largest absolute Gasteiger partial charge is 0.324 e. The first kappa shape index (κ1) is 11.3. The van der Waals surface area contributed by atoms with Crippen LogP contribution in [0.15, 0.2) is 24.3 Å². The first-order chi connectivity index (χ1) is 6.46. The van der Waals surface area contributed by atoms with Crippen molar-refractivity contribution in [3.8, 4) is 0 Å². The molecule has 0 unspecified atom stereocenters. The van der Waals surface area contributed by atoms with E-state index in [4.69, 9.17) is 5.73 Å². The number of nitrogens with two attached hydrogens (primary N) is 1. The molecule has 14 heavy (non-hydrogen) atoms. The number of benzene rings is 1. The number of hydrogen-bond donors (Lipinski definition) is 1. The van der Waals surface area contributed by atoms with E-state index in [2.05, 4.69) is 52.0 Å². The van der Waals surface area contributed by atoms with E-state index in [1.54, 1.807) is 0 Å². The second kappa shape index (κ2) is 4.14. The minimum atomic E-state index is 0.124. The van der Waals surface area contributed by atoms with Gasteiger partial charge in [0.1, 0.15) is 0 Å². The third-order valence-corrected chi connectivity index (χ3v) is 2.70. The van der Waals surface area contributed by atoms with Crippen LogP contribution in [0.1, 0.15) is 44.9 Å². The molecule has 2 N–H and O–H groups in total. The lowest BCUT2D eigenvalue weighted by molar-refractivity contribution is 0.325. The van der Waals surface area contributed by atoms with Crippen LogP contribution in [0.4, 0.5) is 0 Å². The van der Waals surface area contributed by atoms with Crippen molar-refractivity contribution in [3.63, 3.8) is 0 Å². The second-order valence-electron chi connectivity index (χ2n) is 4.90. The van der Waals surface area contributed by atoms with Gasteiger partial charge in [-0.05, 0) is 23.0 Å². The van der Waals surface area contributed by atoms with Crippen molar-refractivity contribution in [2.75, 3.05) is 0 Å². The van der Waals surface area contributed by atoms with Crippen LogP contribution < -0.4 is 5.73 Å². The Balaban J connectivity index is 3.06. The molecule has 1 nitrogen and oxygen atoms in total. The molecule has 0 saturated heterocycles. The average molecular weight is 191 g/mol. The topological polar surface area (TPSA) is 26.0 Å². The summed E-state index contributed by atoms with van der Waals surface area (Å²) in [4.78, 5) is 0. The molecule has 0 aliphatic carbocycles. The van der Waals surface area contributed by atoms with Gasteiger partial charge in [0.15, 0.2) is 0 Å². The van der Waals surface area contributed by atoms with Crippen molar-refractivity contribution >= 4 is 0 Å². The third-order valence-electron chi connectivity index (χ3n) is 2.70. The highest BCUT2D eigenvalue weighted by Gasteiger charge is 2.23. The summed E-state index contributed by atoms with van der Waals surface area (Å²) >= 11 is 0. The normalized spacial score (nSPS) is 14.1. The van der Waals surface area contributed by atoms with E-state index in [9.17, 15) is 0 Å². The van der Waals surface area contributed by atoms with Gasteiger partial charge in [0.2, 0.25) is 0 Å². The average Bonchev–Trinajstić information content (AvgIpc) is 2.15. The molecule has 0 saturated carbocycles. The molecule has 0 aromatic heterocycles. The first-order valence-corrected chi connectivity index (χ1v) is 5.30. The molecule has 0 amide bonds. The van der Waals surface area contributed by atoms with Gasteiger partial charge < -0.3 is 5.73 Å². The van der Waals surface area contributed by atoms with Gasteiger partial charge in [-0.1, -0.05) is 52.0 Å². The van der Waals surface area contributed by atoms with E-state index in [-0.39, 0.29) is 11.5 Å². The van der Waals surface area contributed by atoms with Crippen LogP contribution in [0.2, 0.25) is 0 Å². The summed E-state index contributed by atoms with van der Waals surface area (Å²) in [5.41, 5.74) is 9.04. The zero-order valence-corrected chi connectivity index (χ0v) is 9.67. The minimum Gasteiger partial charge on any atom is -0.324 e.